The molecular formula is C111H81F12N19O8. The molecule has 4 aliphatic rings. The Bertz CT molecular complexity index is 7490. The molecule has 16 aromatic rings. The van der Waals surface area contributed by atoms with Crippen molar-refractivity contribution in [3.05, 3.63) is 390 Å². The summed E-state index contributed by atoms with van der Waals surface area (Å²) >= 11 is 0. The first-order valence-corrected chi connectivity index (χ1v) is 45.7. The highest BCUT2D eigenvalue weighted by Crippen LogP contribution is 2.55. The van der Waals surface area contributed by atoms with Crippen LogP contribution in [0.3, 0.4) is 0 Å². The number of amides is 8. The maximum absolute atomic E-state index is 13.9. The topological polar surface area (TPSA) is 339 Å². The van der Waals surface area contributed by atoms with Gasteiger partial charge in [0.05, 0.1) is 119 Å². The third-order valence-electron chi connectivity index (χ3n) is 25.2. The van der Waals surface area contributed by atoms with E-state index < -0.39 is 115 Å². The Hall–Kier alpha value is -18.8. The van der Waals surface area contributed by atoms with Crippen molar-refractivity contribution in [2.75, 3.05) is 40.9 Å². The zero-order valence-corrected chi connectivity index (χ0v) is 80.1. The van der Waals surface area contributed by atoms with E-state index in [1.54, 1.807) is 195 Å². The minimum absolute atomic E-state index is 0.0428. The quantitative estimate of drug-likeness (QED) is 0.0516. The lowest BCUT2D eigenvalue weighted by molar-refractivity contribution is -0.138. The van der Waals surface area contributed by atoms with Crippen LogP contribution in [0.15, 0.2) is 317 Å². The number of alkyl halides is 12. The Kier molecular flexibility index (Phi) is 27.6. The molecule has 0 fully saturated rings. The number of pyridine rings is 5. The standard InChI is InChI=1S/C29H20F3N5O2.C28H21F3N4O2.2C27H20F3N5O2/c1-4-17-7-10-23(35-15-17)36-26(38)21-14-18(8-9-22(21)29(30,31)32)20-11-13-34-25-24(20)28(2,3)27(39)37(25)19-6-5-12-33-16-19;1-27(2)23-19(10-6-11-22(23)35(25(27)37)26-32-14-7-15-33-26)17-12-13-21(28(29,30)31)20(16-17)24(36)34-18-8-4-3-5-9-18;2*1-26(2)22-18(7-3-8-21(22)35(24(26)37)25-32-12-5-13-33-25)16-9-10-20(27(28,29)30)19(14-16)23(36)34-17-6-4-11-31-15-17/h1,5-16H,2-3H3,(H,35,36,38);3-16H,1-2H3,(H,34,36);2*3-15H,1-2H3,(H,34,36). The number of nitrogens with one attached hydrogen (secondary N) is 4. The molecule has 0 radical (unpaired) electrons. The number of para-hydroxylation sites is 1. The van der Waals surface area contributed by atoms with Gasteiger partial charge in [0.2, 0.25) is 41.5 Å². The lowest BCUT2D eigenvalue weighted by Crippen LogP contribution is -2.34. The van der Waals surface area contributed by atoms with Crippen molar-refractivity contribution in [2.45, 2.75) is 102 Å². The van der Waals surface area contributed by atoms with Crippen LogP contribution in [0.25, 0.3) is 44.5 Å². The molecular weight excluding hydrogens is 1960 g/mol. The molecule has 8 aromatic heterocycles. The average Bonchev–Trinajstić information content (AvgIpc) is 1.58. The minimum atomic E-state index is -4.79. The van der Waals surface area contributed by atoms with E-state index in [0.29, 0.717) is 107 Å². The zero-order chi connectivity index (χ0) is 107. The van der Waals surface area contributed by atoms with E-state index in [2.05, 4.69) is 82.0 Å². The highest BCUT2D eigenvalue weighted by Gasteiger charge is 2.53. The van der Waals surface area contributed by atoms with Crippen LogP contribution in [0.5, 0.6) is 0 Å². The molecule has 0 saturated heterocycles. The van der Waals surface area contributed by atoms with Crippen molar-refractivity contribution in [2.24, 2.45) is 0 Å². The third-order valence-corrected chi connectivity index (χ3v) is 25.2. The number of hydrogen-bond acceptors (Lipinski definition) is 19. The highest BCUT2D eigenvalue weighted by molar-refractivity contribution is 6.18. The smallest absolute Gasteiger partial charge is 0.322 e. The molecule has 20 rings (SSSR count). The van der Waals surface area contributed by atoms with Crippen molar-refractivity contribution < 1.29 is 91.0 Å². The van der Waals surface area contributed by atoms with Gasteiger partial charge < -0.3 is 21.3 Å². The normalized spacial score (nSPS) is 14.3. The first-order chi connectivity index (χ1) is 71.3. The number of terminal acetylenes is 1. The second-order valence-corrected chi connectivity index (χ2v) is 36.4. The van der Waals surface area contributed by atoms with Crippen LogP contribution in [-0.2, 0) is 65.5 Å². The van der Waals surface area contributed by atoms with Crippen molar-refractivity contribution in [1.82, 2.24) is 54.8 Å². The van der Waals surface area contributed by atoms with Crippen LogP contribution in [0, 0.1) is 12.3 Å². The fourth-order valence-electron chi connectivity index (χ4n) is 18.2. The van der Waals surface area contributed by atoms with E-state index in [1.807, 2.05) is 0 Å². The molecule has 27 nitrogen and oxygen atoms in total. The maximum Gasteiger partial charge on any atom is 0.417 e. The number of benzene rings is 8. The Labute approximate surface area is 847 Å². The largest absolute Gasteiger partial charge is 0.417 e. The number of hydrogen-bond donors (Lipinski definition) is 4. The number of halogens is 12. The summed E-state index contributed by atoms with van der Waals surface area (Å²) in [5, 5.41) is 9.89. The number of carbonyl (C=O) groups is 8. The maximum atomic E-state index is 13.9. The summed E-state index contributed by atoms with van der Waals surface area (Å²) in [5.41, 5.74) is -1.40. The van der Waals surface area contributed by atoms with Crippen molar-refractivity contribution in [3.63, 3.8) is 0 Å². The lowest BCUT2D eigenvalue weighted by atomic mass is 9.81. The predicted octanol–water partition coefficient (Wildman–Crippen LogP) is 23.6. The third kappa shape index (κ3) is 20.1. The fraction of sp³-hybridized carbons (Fsp3) is 0.144. The Morgan fingerprint density at radius 2 is 0.613 bits per heavy atom. The summed E-state index contributed by atoms with van der Waals surface area (Å²) in [5.74, 6) is -1.47. The Morgan fingerprint density at radius 1 is 0.293 bits per heavy atom. The van der Waals surface area contributed by atoms with E-state index in [4.69, 9.17) is 6.42 Å². The molecule has 4 N–H and O–H groups in total. The molecule has 150 heavy (non-hydrogen) atoms. The monoisotopic (exact) mass is 2040 g/mol. The Morgan fingerprint density at radius 3 is 0.933 bits per heavy atom. The number of fused-ring (bicyclic) bond motifs is 4. The molecule has 12 heterocycles. The first-order valence-electron chi connectivity index (χ1n) is 45.7. The van der Waals surface area contributed by atoms with Gasteiger partial charge in [0.25, 0.3) is 23.6 Å². The van der Waals surface area contributed by atoms with Gasteiger partial charge in [-0.3, -0.25) is 58.2 Å². The van der Waals surface area contributed by atoms with Gasteiger partial charge in [-0.1, -0.05) is 84.8 Å². The van der Waals surface area contributed by atoms with E-state index in [1.165, 1.54) is 167 Å². The van der Waals surface area contributed by atoms with E-state index in [-0.39, 0.29) is 58.7 Å². The zero-order valence-electron chi connectivity index (χ0n) is 80.1. The molecule has 39 heteroatoms. The van der Waals surface area contributed by atoms with Gasteiger partial charge in [-0.25, -0.2) is 54.6 Å². The molecule has 4 aliphatic heterocycles. The molecule has 0 spiro atoms. The van der Waals surface area contributed by atoms with Crippen molar-refractivity contribution in [1.29, 1.82) is 0 Å². The van der Waals surface area contributed by atoms with Crippen LogP contribution in [-0.4, -0.2) is 102 Å². The highest BCUT2D eigenvalue weighted by atomic mass is 19.4. The van der Waals surface area contributed by atoms with Gasteiger partial charge >= 0.3 is 24.7 Å². The van der Waals surface area contributed by atoms with E-state index >= 15 is 0 Å². The van der Waals surface area contributed by atoms with Gasteiger partial charge in [0, 0.05) is 85.0 Å². The number of aromatic nitrogens is 11. The van der Waals surface area contributed by atoms with Crippen LogP contribution in [0.2, 0.25) is 0 Å². The van der Waals surface area contributed by atoms with Crippen LogP contribution in [0.4, 0.5) is 122 Å². The second-order valence-electron chi connectivity index (χ2n) is 36.4. The molecule has 0 unspecified atom stereocenters. The van der Waals surface area contributed by atoms with Crippen LogP contribution < -0.4 is 40.9 Å². The summed E-state index contributed by atoms with van der Waals surface area (Å²) < 4.78 is 167. The fourth-order valence-corrected chi connectivity index (χ4v) is 18.2. The number of anilines is 12. The summed E-state index contributed by atoms with van der Waals surface area (Å²) in [7, 11) is 0. The SMILES string of the molecule is C#Cc1ccc(NC(=O)c2cc(-c3ccnc4c3C(C)(C)C(=O)N4c3cccnc3)ccc2C(F)(F)F)nc1.CC1(C)C(=O)N(c2ncccn2)c2cccc(-c3ccc(C(F)(F)F)c(C(=O)Nc4ccccc4)c3)c21.CC1(C)C(=O)N(c2ncccn2)c2cccc(-c3ccc(C(F)(F)F)c(C(=O)Nc4cccnc4)c3)c21.CC1(C)C(=O)N(c2ncccn2)c2cccc(-c3ccc(C(F)(F)F)c(C(=O)Nc4cccnc4)c3)c21. The molecule has 8 amide bonds. The predicted molar refractivity (Wildman–Crippen MR) is 535 cm³/mol. The minimum Gasteiger partial charge on any atom is -0.322 e. The number of rotatable bonds is 16. The number of nitrogens with zero attached hydrogens (tertiary/aromatic N) is 15. The van der Waals surface area contributed by atoms with Crippen molar-refractivity contribution in [3.8, 4) is 56.9 Å². The summed E-state index contributed by atoms with van der Waals surface area (Å²) in [6.45, 7) is 13.9. The summed E-state index contributed by atoms with van der Waals surface area (Å²) in [6, 6.07) is 56.3. The lowest BCUT2D eigenvalue weighted by Gasteiger charge is -2.21. The first kappa shape index (κ1) is 103. The average molecular weight is 2040 g/mol. The van der Waals surface area contributed by atoms with Gasteiger partial charge in [0.15, 0.2) is 0 Å². The van der Waals surface area contributed by atoms with Gasteiger partial charge in [-0.05, 0) is 268 Å². The molecule has 0 aliphatic carbocycles. The Balaban J connectivity index is 0.000000136. The van der Waals surface area contributed by atoms with Gasteiger partial charge in [-0.2, -0.15) is 52.7 Å². The molecule has 0 saturated carbocycles. The molecule has 752 valence electrons. The summed E-state index contributed by atoms with van der Waals surface area (Å²) in [4.78, 5) is 157. The van der Waals surface area contributed by atoms with E-state index in [9.17, 15) is 91.0 Å². The van der Waals surface area contributed by atoms with Gasteiger partial charge in [-0.15, -0.1) is 6.42 Å². The molecule has 8 aromatic carbocycles. The molecule has 0 bridgehead atoms. The number of carbonyl (C=O) groups excluding carboxylic acids is 8. The van der Waals surface area contributed by atoms with Crippen molar-refractivity contribution >= 4 is 117 Å². The van der Waals surface area contributed by atoms with Crippen LogP contribution in [0.1, 0.15) is 147 Å². The summed E-state index contributed by atoms with van der Waals surface area (Å²) in [6.07, 6.45) is 6.96. The van der Waals surface area contributed by atoms with Gasteiger partial charge in [0.1, 0.15) is 11.6 Å². The molecule has 0 atom stereocenters. The van der Waals surface area contributed by atoms with E-state index in [0.717, 1.165) is 30.3 Å². The second kappa shape index (κ2) is 40.3. The van der Waals surface area contributed by atoms with Crippen LogP contribution >= 0.6 is 0 Å².